The van der Waals surface area contributed by atoms with E-state index in [4.69, 9.17) is 4.74 Å². The molecule has 21 heavy (non-hydrogen) atoms. The Hall–Kier alpha value is -1.40. The van der Waals surface area contributed by atoms with Crippen LogP contribution in [0.4, 0.5) is 16.2 Å². The zero-order valence-corrected chi connectivity index (χ0v) is 12.5. The molecule has 112 valence electrons. The third kappa shape index (κ3) is 2.08. The molecule has 1 aromatic carbocycles. The maximum absolute atomic E-state index is 12.0. The summed E-state index contributed by atoms with van der Waals surface area (Å²) in [6.07, 6.45) is 0.0302. The first-order chi connectivity index (χ1) is 10.3. The van der Waals surface area contributed by atoms with Crippen molar-refractivity contribution in [1.29, 1.82) is 0 Å². The molecule has 1 aromatic rings. The number of carbonyl (C=O) groups is 1. The van der Waals surface area contributed by atoms with Gasteiger partial charge >= 0.3 is 6.09 Å². The van der Waals surface area contributed by atoms with Crippen LogP contribution in [0.1, 0.15) is 5.56 Å². The highest BCUT2D eigenvalue weighted by atomic mass is 32.2. The summed E-state index contributed by atoms with van der Waals surface area (Å²) < 4.78 is 5.20. The van der Waals surface area contributed by atoms with Gasteiger partial charge in [0.15, 0.2) is 0 Å². The smallest absolute Gasteiger partial charge is 0.415 e. The number of anilines is 2. The van der Waals surface area contributed by atoms with Crippen LogP contribution in [0, 0.1) is 0 Å². The third-order valence-electron chi connectivity index (χ3n) is 4.52. The van der Waals surface area contributed by atoms with Crippen molar-refractivity contribution >= 4 is 29.2 Å². The molecule has 5 nitrogen and oxygen atoms in total. The second-order valence-electron chi connectivity index (χ2n) is 5.66. The molecule has 2 fully saturated rings. The fourth-order valence-electron chi connectivity index (χ4n) is 3.44. The molecule has 0 aromatic heterocycles. The minimum absolute atomic E-state index is 0.0512. The summed E-state index contributed by atoms with van der Waals surface area (Å²) in [5.41, 5.74) is 3.37. The summed E-state index contributed by atoms with van der Waals surface area (Å²) in [5, 5.41) is 9.35. The average molecular weight is 306 g/mol. The quantitative estimate of drug-likeness (QED) is 0.897. The highest BCUT2D eigenvalue weighted by Crippen LogP contribution is 2.40. The van der Waals surface area contributed by atoms with Crippen LogP contribution >= 0.6 is 11.8 Å². The first kappa shape index (κ1) is 13.3. The van der Waals surface area contributed by atoms with E-state index in [1.165, 1.54) is 22.8 Å². The maximum atomic E-state index is 12.0. The fourth-order valence-corrected chi connectivity index (χ4v) is 4.34. The molecule has 2 saturated heterocycles. The molecule has 4 rings (SSSR count). The van der Waals surface area contributed by atoms with E-state index < -0.39 is 6.10 Å². The lowest BCUT2D eigenvalue weighted by atomic mass is 10.1. The lowest BCUT2D eigenvalue weighted by Crippen LogP contribution is -2.34. The van der Waals surface area contributed by atoms with Gasteiger partial charge in [0, 0.05) is 30.3 Å². The van der Waals surface area contributed by atoms with Gasteiger partial charge in [0.25, 0.3) is 0 Å². The van der Waals surface area contributed by atoms with Crippen LogP contribution in [0.25, 0.3) is 0 Å². The number of rotatable bonds is 2. The molecule has 1 N–H and O–H groups in total. The minimum atomic E-state index is -0.403. The summed E-state index contributed by atoms with van der Waals surface area (Å²) in [4.78, 5) is 16.1. The van der Waals surface area contributed by atoms with E-state index in [-0.39, 0.29) is 18.7 Å². The van der Waals surface area contributed by atoms with Crippen molar-refractivity contribution in [2.24, 2.45) is 0 Å². The highest BCUT2D eigenvalue weighted by Gasteiger charge is 2.47. The molecule has 0 unspecified atom stereocenters. The number of aliphatic hydroxyl groups excluding tert-OH is 1. The maximum Gasteiger partial charge on any atom is 0.415 e. The molecule has 0 bridgehead atoms. The number of ether oxygens (including phenoxy) is 1. The minimum Gasteiger partial charge on any atom is -0.441 e. The highest BCUT2D eigenvalue weighted by molar-refractivity contribution is 7.99. The first-order valence-corrected chi connectivity index (χ1v) is 8.50. The molecule has 1 amide bonds. The van der Waals surface area contributed by atoms with Gasteiger partial charge in [0.1, 0.15) is 6.10 Å². The first-order valence-electron chi connectivity index (χ1n) is 7.34. The van der Waals surface area contributed by atoms with E-state index in [0.29, 0.717) is 0 Å². The molecule has 3 aliphatic heterocycles. The molecule has 0 radical (unpaired) electrons. The van der Waals surface area contributed by atoms with E-state index in [0.717, 1.165) is 25.2 Å². The van der Waals surface area contributed by atoms with Gasteiger partial charge in [-0.15, -0.1) is 0 Å². The number of benzene rings is 1. The van der Waals surface area contributed by atoms with Crippen LogP contribution in [0.5, 0.6) is 0 Å². The fraction of sp³-hybridized carbons (Fsp3) is 0.533. The molecular formula is C15H18N2O3S. The van der Waals surface area contributed by atoms with E-state index in [1.807, 2.05) is 17.8 Å². The van der Waals surface area contributed by atoms with Crippen LogP contribution in [-0.2, 0) is 11.2 Å². The molecule has 6 heteroatoms. The van der Waals surface area contributed by atoms with Crippen LogP contribution in [0.3, 0.4) is 0 Å². The monoisotopic (exact) mass is 306 g/mol. The van der Waals surface area contributed by atoms with Crippen LogP contribution < -0.4 is 9.80 Å². The predicted octanol–water partition coefficient (Wildman–Crippen LogP) is 1.48. The van der Waals surface area contributed by atoms with E-state index in [9.17, 15) is 9.90 Å². The Balaban J connectivity index is 1.63. The second-order valence-corrected chi connectivity index (χ2v) is 6.88. The lowest BCUT2D eigenvalue weighted by Gasteiger charge is -2.29. The summed E-state index contributed by atoms with van der Waals surface area (Å²) in [7, 11) is 0. The van der Waals surface area contributed by atoms with Crippen molar-refractivity contribution in [1.82, 2.24) is 0 Å². The zero-order chi connectivity index (χ0) is 14.4. The summed E-state index contributed by atoms with van der Waals surface area (Å²) in [6, 6.07) is 6.26. The van der Waals surface area contributed by atoms with Crippen LogP contribution in [0.15, 0.2) is 18.2 Å². The van der Waals surface area contributed by atoms with Crippen LogP contribution in [0.2, 0.25) is 0 Å². The van der Waals surface area contributed by atoms with Gasteiger partial charge in [-0.1, -0.05) is 0 Å². The topological polar surface area (TPSA) is 53.0 Å². The number of thioether (sulfide) groups is 1. The summed E-state index contributed by atoms with van der Waals surface area (Å²) >= 11 is 2.00. The van der Waals surface area contributed by atoms with Gasteiger partial charge < -0.3 is 14.7 Å². The molecule has 0 aliphatic carbocycles. The number of fused-ring (bicyclic) bond motifs is 3. The van der Waals surface area contributed by atoms with E-state index in [1.54, 1.807) is 4.90 Å². The summed E-state index contributed by atoms with van der Waals surface area (Å²) in [5.74, 6) is 2.34. The average Bonchev–Trinajstić information content (AvgIpc) is 3.05. The number of aliphatic hydroxyl groups is 1. The molecule has 0 saturated carbocycles. The van der Waals surface area contributed by atoms with Crippen molar-refractivity contribution < 1.29 is 14.6 Å². The predicted molar refractivity (Wildman–Crippen MR) is 83.3 cm³/mol. The molecule has 3 heterocycles. The van der Waals surface area contributed by atoms with Gasteiger partial charge in [0.05, 0.1) is 18.3 Å². The Labute approximate surface area is 127 Å². The van der Waals surface area contributed by atoms with Gasteiger partial charge in [-0.2, -0.15) is 11.8 Å². The van der Waals surface area contributed by atoms with Crippen molar-refractivity contribution in [3.05, 3.63) is 23.8 Å². The standard InChI is InChI=1S/C15H18N2O3S/c18-9-14-13-8-10-7-11(16-3-5-21-6-4-16)1-2-12(10)17(13)15(19)20-14/h1-2,7,13-14,18H,3-6,8-9H2/t13-,14-/m0/s1. The Morgan fingerprint density at radius 2 is 2.14 bits per heavy atom. The SMILES string of the molecule is O=C1O[C@@H](CO)[C@@H]2Cc3cc(N4CCSCC4)ccc3N12. The van der Waals surface area contributed by atoms with Crippen molar-refractivity contribution in [3.8, 4) is 0 Å². The van der Waals surface area contributed by atoms with E-state index >= 15 is 0 Å². The number of amides is 1. The van der Waals surface area contributed by atoms with Gasteiger partial charge in [-0.25, -0.2) is 4.79 Å². The van der Waals surface area contributed by atoms with Crippen molar-refractivity contribution in [2.75, 3.05) is 41.0 Å². The Kier molecular flexibility index (Phi) is 3.23. The third-order valence-corrected chi connectivity index (χ3v) is 5.46. The molecule has 2 atom stereocenters. The molecule has 3 aliphatic rings. The van der Waals surface area contributed by atoms with E-state index in [2.05, 4.69) is 17.0 Å². The van der Waals surface area contributed by atoms with Gasteiger partial charge in [-0.05, 0) is 30.2 Å². The largest absolute Gasteiger partial charge is 0.441 e. The summed E-state index contributed by atoms with van der Waals surface area (Å²) in [6.45, 7) is 2.05. The van der Waals surface area contributed by atoms with Crippen LogP contribution in [-0.4, -0.2) is 54.5 Å². The number of hydrogen-bond donors (Lipinski definition) is 1. The van der Waals surface area contributed by atoms with Crippen molar-refractivity contribution in [2.45, 2.75) is 18.6 Å². The van der Waals surface area contributed by atoms with Gasteiger partial charge in [0.2, 0.25) is 0 Å². The Bertz CT molecular complexity index is 574. The number of nitrogens with zero attached hydrogens (tertiary/aromatic N) is 2. The Morgan fingerprint density at radius 1 is 1.33 bits per heavy atom. The molecular weight excluding hydrogens is 288 g/mol. The molecule has 0 spiro atoms. The Morgan fingerprint density at radius 3 is 2.90 bits per heavy atom. The lowest BCUT2D eigenvalue weighted by molar-refractivity contribution is 0.0830. The number of carbonyl (C=O) groups excluding carboxylic acids is 1. The second kappa shape index (κ2) is 5.10. The van der Waals surface area contributed by atoms with Crippen molar-refractivity contribution in [3.63, 3.8) is 0 Å². The number of cyclic esters (lactones) is 1. The zero-order valence-electron chi connectivity index (χ0n) is 11.7. The number of hydrogen-bond acceptors (Lipinski definition) is 5. The normalized spacial score (nSPS) is 27.6. The van der Waals surface area contributed by atoms with Gasteiger partial charge in [-0.3, -0.25) is 4.90 Å².